The van der Waals surface area contributed by atoms with Crippen LogP contribution in [-0.2, 0) is 10.0 Å². The van der Waals surface area contributed by atoms with Crippen molar-refractivity contribution in [2.45, 2.75) is 24.3 Å². The van der Waals surface area contributed by atoms with Gasteiger partial charge in [-0.05, 0) is 25.5 Å². The minimum Gasteiger partial charge on any atom is -0.398 e. The van der Waals surface area contributed by atoms with Gasteiger partial charge >= 0.3 is 0 Å². The van der Waals surface area contributed by atoms with Crippen molar-refractivity contribution in [3.8, 4) is 0 Å². The van der Waals surface area contributed by atoms with Crippen LogP contribution in [0.15, 0.2) is 53.9 Å². The van der Waals surface area contributed by atoms with Crippen molar-refractivity contribution in [1.82, 2.24) is 4.72 Å². The Balaban J connectivity index is 2.52. The van der Waals surface area contributed by atoms with Crippen LogP contribution in [0.25, 0.3) is 10.8 Å². The predicted molar refractivity (Wildman–Crippen MR) is 83.0 cm³/mol. The van der Waals surface area contributed by atoms with Crippen molar-refractivity contribution in [3.05, 3.63) is 49.1 Å². The largest absolute Gasteiger partial charge is 0.398 e. The van der Waals surface area contributed by atoms with Gasteiger partial charge in [0.15, 0.2) is 0 Å². The van der Waals surface area contributed by atoms with Gasteiger partial charge in [-0.25, -0.2) is 13.1 Å². The molecule has 2 aromatic rings. The lowest BCUT2D eigenvalue weighted by molar-refractivity contribution is 0.563. The van der Waals surface area contributed by atoms with E-state index in [0.29, 0.717) is 17.5 Å². The van der Waals surface area contributed by atoms with E-state index in [9.17, 15) is 8.42 Å². The second-order valence-corrected chi connectivity index (χ2v) is 6.43. The maximum absolute atomic E-state index is 12.5. The number of hydrogen-bond donors (Lipinski definition) is 2. The van der Waals surface area contributed by atoms with E-state index < -0.39 is 10.0 Å². The number of nitrogen functional groups attached to an aromatic ring is 1. The van der Waals surface area contributed by atoms with Crippen molar-refractivity contribution < 1.29 is 8.42 Å². The first-order valence-corrected chi connectivity index (χ1v) is 7.84. The normalized spacial score (nSPS) is 13.2. The summed E-state index contributed by atoms with van der Waals surface area (Å²) in [6, 6.07) is 10.2. The quantitative estimate of drug-likeness (QED) is 0.657. The molecule has 0 aromatic heterocycles. The molecule has 0 aliphatic heterocycles. The summed E-state index contributed by atoms with van der Waals surface area (Å²) in [6.07, 6.45) is 2.26. The first kappa shape index (κ1) is 14.6. The van der Waals surface area contributed by atoms with Gasteiger partial charge in [-0.2, -0.15) is 0 Å². The molecular weight excluding hydrogens is 272 g/mol. The van der Waals surface area contributed by atoms with Gasteiger partial charge in [0.1, 0.15) is 0 Å². The monoisotopic (exact) mass is 290 g/mol. The second-order valence-electron chi connectivity index (χ2n) is 4.75. The lowest BCUT2D eigenvalue weighted by atomic mass is 10.1. The van der Waals surface area contributed by atoms with Gasteiger partial charge in [-0.1, -0.05) is 30.3 Å². The van der Waals surface area contributed by atoms with Gasteiger partial charge < -0.3 is 5.73 Å². The van der Waals surface area contributed by atoms with E-state index in [1.807, 2.05) is 12.1 Å². The second kappa shape index (κ2) is 5.64. The molecule has 5 heteroatoms. The standard InChI is InChI=1S/C15H18N2O2S/c1-3-6-11(2)17-20(18,19)15-10-9-14(16)12-7-4-5-8-13(12)15/h3-5,7-11,17H,1,6,16H2,2H3. The number of hydrogen-bond acceptors (Lipinski definition) is 3. The molecule has 0 saturated carbocycles. The van der Waals surface area contributed by atoms with E-state index in [-0.39, 0.29) is 10.9 Å². The van der Waals surface area contributed by atoms with Gasteiger partial charge in [-0.15, -0.1) is 6.58 Å². The van der Waals surface area contributed by atoms with E-state index in [4.69, 9.17) is 5.73 Å². The molecule has 0 heterocycles. The van der Waals surface area contributed by atoms with Crippen molar-refractivity contribution in [2.24, 2.45) is 0 Å². The van der Waals surface area contributed by atoms with Gasteiger partial charge in [0.25, 0.3) is 0 Å². The molecule has 0 aliphatic carbocycles. The Morgan fingerprint density at radius 1 is 1.25 bits per heavy atom. The topological polar surface area (TPSA) is 72.2 Å². The molecule has 0 amide bonds. The van der Waals surface area contributed by atoms with Crippen molar-refractivity contribution in [2.75, 3.05) is 5.73 Å². The van der Waals surface area contributed by atoms with Gasteiger partial charge in [0.05, 0.1) is 4.90 Å². The zero-order chi connectivity index (χ0) is 14.8. The third kappa shape index (κ3) is 2.84. The van der Waals surface area contributed by atoms with Crippen LogP contribution in [-0.4, -0.2) is 14.5 Å². The highest BCUT2D eigenvalue weighted by Gasteiger charge is 2.19. The van der Waals surface area contributed by atoms with Crippen LogP contribution in [0.5, 0.6) is 0 Å². The zero-order valence-electron chi connectivity index (χ0n) is 11.3. The Bertz CT molecular complexity index is 739. The van der Waals surface area contributed by atoms with Gasteiger partial charge in [0, 0.05) is 22.5 Å². The number of anilines is 1. The molecule has 3 N–H and O–H groups in total. The van der Waals surface area contributed by atoms with Crippen LogP contribution in [0.3, 0.4) is 0 Å². The summed E-state index contributed by atoms with van der Waals surface area (Å²) in [5.74, 6) is 0. The Morgan fingerprint density at radius 3 is 2.55 bits per heavy atom. The minimum absolute atomic E-state index is 0.200. The van der Waals surface area contributed by atoms with Gasteiger partial charge in [-0.3, -0.25) is 0 Å². The summed E-state index contributed by atoms with van der Waals surface area (Å²) in [7, 11) is -3.58. The fourth-order valence-electron chi connectivity index (χ4n) is 2.16. The van der Waals surface area contributed by atoms with Crippen LogP contribution in [0.1, 0.15) is 13.3 Å². The fraction of sp³-hybridized carbons (Fsp3) is 0.200. The van der Waals surface area contributed by atoms with Crippen LogP contribution in [0, 0.1) is 0 Å². The molecule has 20 heavy (non-hydrogen) atoms. The Kier molecular flexibility index (Phi) is 4.11. The molecule has 0 saturated heterocycles. The average Bonchev–Trinajstić information content (AvgIpc) is 2.38. The molecule has 1 unspecified atom stereocenters. The molecule has 0 fully saturated rings. The number of nitrogens with one attached hydrogen (secondary N) is 1. The lowest BCUT2D eigenvalue weighted by Gasteiger charge is -2.14. The summed E-state index contributed by atoms with van der Waals surface area (Å²) in [5.41, 5.74) is 6.46. The van der Waals surface area contributed by atoms with Crippen LogP contribution >= 0.6 is 0 Å². The molecular formula is C15H18N2O2S. The van der Waals surface area contributed by atoms with Crippen molar-refractivity contribution >= 4 is 26.5 Å². The maximum Gasteiger partial charge on any atom is 0.241 e. The zero-order valence-corrected chi connectivity index (χ0v) is 12.2. The average molecular weight is 290 g/mol. The Morgan fingerprint density at radius 2 is 1.90 bits per heavy atom. The highest BCUT2D eigenvalue weighted by atomic mass is 32.2. The van der Waals surface area contributed by atoms with E-state index in [1.165, 1.54) is 0 Å². The first-order valence-electron chi connectivity index (χ1n) is 6.36. The molecule has 0 bridgehead atoms. The summed E-state index contributed by atoms with van der Waals surface area (Å²) in [6.45, 7) is 5.42. The summed E-state index contributed by atoms with van der Waals surface area (Å²) >= 11 is 0. The third-order valence-corrected chi connectivity index (χ3v) is 4.73. The Labute approximate surface area is 119 Å². The Hall–Kier alpha value is -1.85. The SMILES string of the molecule is C=CCC(C)NS(=O)(=O)c1ccc(N)c2ccccc12. The molecule has 2 rings (SSSR count). The minimum atomic E-state index is -3.58. The summed E-state index contributed by atoms with van der Waals surface area (Å²) in [5, 5.41) is 1.37. The number of rotatable bonds is 5. The van der Waals surface area contributed by atoms with Crippen molar-refractivity contribution in [3.63, 3.8) is 0 Å². The van der Waals surface area contributed by atoms with Crippen LogP contribution in [0.4, 0.5) is 5.69 Å². The third-order valence-electron chi connectivity index (χ3n) is 3.08. The highest BCUT2D eigenvalue weighted by Crippen LogP contribution is 2.27. The molecule has 1 atom stereocenters. The van der Waals surface area contributed by atoms with E-state index in [1.54, 1.807) is 37.3 Å². The number of benzene rings is 2. The van der Waals surface area contributed by atoms with E-state index in [2.05, 4.69) is 11.3 Å². The molecule has 2 aromatic carbocycles. The number of sulfonamides is 1. The predicted octanol–water partition coefficient (Wildman–Crippen LogP) is 2.66. The maximum atomic E-state index is 12.5. The molecule has 0 aliphatic rings. The molecule has 106 valence electrons. The van der Waals surface area contributed by atoms with Crippen molar-refractivity contribution in [1.29, 1.82) is 0 Å². The summed E-state index contributed by atoms with van der Waals surface area (Å²) < 4.78 is 27.6. The lowest BCUT2D eigenvalue weighted by Crippen LogP contribution is -2.32. The van der Waals surface area contributed by atoms with Crippen LogP contribution in [0.2, 0.25) is 0 Å². The summed E-state index contributed by atoms with van der Waals surface area (Å²) in [4.78, 5) is 0.248. The molecule has 0 radical (unpaired) electrons. The first-order chi connectivity index (χ1) is 9.45. The van der Waals surface area contributed by atoms with Crippen LogP contribution < -0.4 is 10.5 Å². The smallest absolute Gasteiger partial charge is 0.241 e. The highest BCUT2D eigenvalue weighted by molar-refractivity contribution is 7.89. The number of nitrogens with two attached hydrogens (primary N) is 1. The number of fused-ring (bicyclic) bond motifs is 1. The fourth-order valence-corrected chi connectivity index (χ4v) is 3.62. The van der Waals surface area contributed by atoms with E-state index in [0.717, 1.165) is 5.39 Å². The molecule has 0 spiro atoms. The van der Waals surface area contributed by atoms with E-state index >= 15 is 0 Å². The van der Waals surface area contributed by atoms with Gasteiger partial charge in [0.2, 0.25) is 10.0 Å². The molecule has 4 nitrogen and oxygen atoms in total.